The topological polar surface area (TPSA) is 102 Å². The van der Waals surface area contributed by atoms with Gasteiger partial charge in [0.25, 0.3) is 11.6 Å². The molecule has 0 unspecified atom stereocenters. The van der Waals surface area contributed by atoms with Crippen LogP contribution in [0.3, 0.4) is 0 Å². The van der Waals surface area contributed by atoms with Crippen molar-refractivity contribution < 1.29 is 14.5 Å². The maximum atomic E-state index is 12.9. The average molecular weight is 454 g/mol. The highest BCUT2D eigenvalue weighted by atomic mass is 35.5. The van der Waals surface area contributed by atoms with Gasteiger partial charge in [-0.25, -0.2) is 9.97 Å². The van der Waals surface area contributed by atoms with Crippen LogP contribution in [0.15, 0.2) is 60.9 Å². The molecule has 1 atom stereocenters. The lowest BCUT2D eigenvalue weighted by Gasteiger charge is -2.40. The van der Waals surface area contributed by atoms with Crippen LogP contribution in [0.1, 0.15) is 17.3 Å². The van der Waals surface area contributed by atoms with Crippen molar-refractivity contribution in [1.29, 1.82) is 0 Å². The Morgan fingerprint density at radius 1 is 1.16 bits per heavy atom. The minimum atomic E-state index is -0.485. The molecule has 3 aromatic rings. The number of ether oxygens (including phenoxy) is 1. The fraction of sp³-hybridized carbons (Fsp3) is 0.227. The molecule has 1 aliphatic rings. The van der Waals surface area contributed by atoms with E-state index in [1.54, 1.807) is 23.1 Å². The molecule has 9 nitrogen and oxygen atoms in total. The molecule has 1 aromatic heterocycles. The van der Waals surface area contributed by atoms with Crippen LogP contribution in [0.25, 0.3) is 0 Å². The minimum absolute atomic E-state index is 0.0435. The van der Waals surface area contributed by atoms with Gasteiger partial charge >= 0.3 is 0 Å². The number of nitro groups is 1. The van der Waals surface area contributed by atoms with E-state index in [0.717, 1.165) is 0 Å². The number of hydrogen-bond acceptors (Lipinski definition) is 7. The highest BCUT2D eigenvalue weighted by molar-refractivity contribution is 6.32. The second-order valence-electron chi connectivity index (χ2n) is 7.34. The third-order valence-corrected chi connectivity index (χ3v) is 5.53. The quantitative estimate of drug-likeness (QED) is 0.421. The van der Waals surface area contributed by atoms with Crippen molar-refractivity contribution in [2.75, 3.05) is 24.5 Å². The molecule has 0 N–H and O–H groups in total. The number of aromatic nitrogens is 2. The molecule has 10 heteroatoms. The van der Waals surface area contributed by atoms with Crippen molar-refractivity contribution in [3.05, 3.63) is 81.6 Å². The maximum absolute atomic E-state index is 12.9. The van der Waals surface area contributed by atoms with Crippen LogP contribution < -0.4 is 9.64 Å². The maximum Gasteiger partial charge on any atom is 0.269 e. The molecule has 1 saturated heterocycles. The number of halogens is 1. The summed E-state index contributed by atoms with van der Waals surface area (Å²) in [6.07, 6.45) is 1.43. The van der Waals surface area contributed by atoms with Gasteiger partial charge in [-0.3, -0.25) is 14.9 Å². The van der Waals surface area contributed by atoms with Crippen LogP contribution in [-0.2, 0) is 0 Å². The Morgan fingerprint density at radius 3 is 2.59 bits per heavy atom. The summed E-state index contributed by atoms with van der Waals surface area (Å²) in [7, 11) is 0. The number of carbonyl (C=O) groups excluding carboxylic acids is 1. The summed E-state index contributed by atoms with van der Waals surface area (Å²) in [5, 5.41) is 11.3. The lowest BCUT2D eigenvalue weighted by atomic mass is 10.1. The number of para-hydroxylation sites is 1. The van der Waals surface area contributed by atoms with E-state index in [1.807, 2.05) is 19.1 Å². The molecule has 2 aromatic carbocycles. The first-order valence-corrected chi connectivity index (χ1v) is 10.3. The van der Waals surface area contributed by atoms with Gasteiger partial charge in [-0.2, -0.15) is 0 Å². The smallest absolute Gasteiger partial charge is 0.269 e. The van der Waals surface area contributed by atoms with Crippen LogP contribution in [-0.4, -0.2) is 51.4 Å². The highest BCUT2D eigenvalue weighted by Gasteiger charge is 2.29. The van der Waals surface area contributed by atoms with Gasteiger partial charge in [0, 0.05) is 49.4 Å². The van der Waals surface area contributed by atoms with E-state index in [0.29, 0.717) is 47.7 Å². The number of anilines is 1. The predicted octanol–water partition coefficient (Wildman–Crippen LogP) is 4.18. The molecule has 1 amide bonds. The number of piperazine rings is 1. The zero-order valence-electron chi connectivity index (χ0n) is 17.2. The van der Waals surface area contributed by atoms with Crippen molar-refractivity contribution >= 4 is 29.0 Å². The van der Waals surface area contributed by atoms with Gasteiger partial charge in [-0.1, -0.05) is 23.7 Å². The third-order valence-electron chi connectivity index (χ3n) is 5.22. The molecule has 0 aliphatic carbocycles. The normalized spacial score (nSPS) is 16.0. The summed E-state index contributed by atoms with van der Waals surface area (Å²) in [6, 6.07) is 14.5. The molecule has 0 saturated carbocycles. The predicted molar refractivity (Wildman–Crippen MR) is 119 cm³/mol. The van der Waals surface area contributed by atoms with E-state index < -0.39 is 4.92 Å². The van der Waals surface area contributed by atoms with E-state index in [4.69, 9.17) is 16.3 Å². The Kier molecular flexibility index (Phi) is 6.18. The molecule has 1 fully saturated rings. The van der Waals surface area contributed by atoms with Crippen molar-refractivity contribution in [2.24, 2.45) is 0 Å². The SMILES string of the molecule is C[C@H]1CN(c2cc(Oc3ccccc3Cl)ncn2)CCN1C(=O)c1ccc([N+](=O)[O-])cc1. The molecule has 164 valence electrons. The Balaban J connectivity index is 1.43. The number of amides is 1. The molecule has 0 spiro atoms. The molecular formula is C22H20ClN5O4. The molecule has 32 heavy (non-hydrogen) atoms. The molecule has 2 heterocycles. The standard InChI is InChI=1S/C22H20ClN5O4/c1-15-13-26(10-11-27(15)22(29)16-6-8-17(9-7-16)28(30)31)20-12-21(25-14-24-20)32-19-5-3-2-4-18(19)23/h2-9,12,14-15H,10-11,13H2,1H3/t15-/m0/s1. The van der Waals surface area contributed by atoms with Gasteiger partial charge in [0.1, 0.15) is 17.9 Å². The van der Waals surface area contributed by atoms with E-state index in [1.165, 1.54) is 30.6 Å². The van der Waals surface area contributed by atoms with E-state index in [-0.39, 0.29) is 17.6 Å². The molecular weight excluding hydrogens is 434 g/mol. The van der Waals surface area contributed by atoms with Gasteiger partial charge in [0.15, 0.2) is 0 Å². The molecule has 4 rings (SSSR count). The van der Waals surface area contributed by atoms with E-state index in [9.17, 15) is 14.9 Å². The second-order valence-corrected chi connectivity index (χ2v) is 7.75. The van der Waals surface area contributed by atoms with Gasteiger partial charge in [0.2, 0.25) is 5.88 Å². The van der Waals surface area contributed by atoms with Crippen molar-refractivity contribution in [3.63, 3.8) is 0 Å². The number of rotatable bonds is 5. The van der Waals surface area contributed by atoms with E-state index >= 15 is 0 Å². The van der Waals surface area contributed by atoms with Crippen molar-refractivity contribution in [2.45, 2.75) is 13.0 Å². The fourth-order valence-corrected chi connectivity index (χ4v) is 3.73. The molecule has 0 bridgehead atoms. The number of carbonyl (C=O) groups is 1. The lowest BCUT2D eigenvalue weighted by Crippen LogP contribution is -2.54. The second kappa shape index (κ2) is 9.19. The van der Waals surface area contributed by atoms with Gasteiger partial charge < -0.3 is 14.5 Å². The van der Waals surface area contributed by atoms with Crippen molar-refractivity contribution in [3.8, 4) is 11.6 Å². The summed E-state index contributed by atoms with van der Waals surface area (Å²) in [5.74, 6) is 1.42. The zero-order valence-corrected chi connectivity index (χ0v) is 18.0. The van der Waals surface area contributed by atoms with Crippen LogP contribution in [0.2, 0.25) is 5.02 Å². The summed E-state index contributed by atoms with van der Waals surface area (Å²) in [6.45, 7) is 3.59. The Labute approximate surface area is 189 Å². The summed E-state index contributed by atoms with van der Waals surface area (Å²) in [4.78, 5) is 35.6. The Hall–Kier alpha value is -3.72. The first-order valence-electron chi connectivity index (χ1n) is 9.97. The molecule has 0 radical (unpaired) electrons. The lowest BCUT2D eigenvalue weighted by molar-refractivity contribution is -0.384. The number of nitrogens with zero attached hydrogens (tertiary/aromatic N) is 5. The van der Waals surface area contributed by atoms with Crippen LogP contribution >= 0.6 is 11.6 Å². The van der Waals surface area contributed by atoms with Gasteiger partial charge in [-0.15, -0.1) is 0 Å². The molecule has 1 aliphatic heterocycles. The number of hydrogen-bond donors (Lipinski definition) is 0. The van der Waals surface area contributed by atoms with Crippen molar-refractivity contribution in [1.82, 2.24) is 14.9 Å². The summed E-state index contributed by atoms with van der Waals surface area (Å²) < 4.78 is 5.79. The van der Waals surface area contributed by atoms with E-state index in [2.05, 4.69) is 14.9 Å². The van der Waals surface area contributed by atoms with Gasteiger partial charge in [0.05, 0.1) is 9.95 Å². The average Bonchev–Trinajstić information content (AvgIpc) is 2.80. The number of benzene rings is 2. The van der Waals surface area contributed by atoms with Crippen LogP contribution in [0.5, 0.6) is 11.6 Å². The first kappa shape index (κ1) is 21.5. The first-order chi connectivity index (χ1) is 15.4. The fourth-order valence-electron chi connectivity index (χ4n) is 3.56. The zero-order chi connectivity index (χ0) is 22.7. The highest BCUT2D eigenvalue weighted by Crippen LogP contribution is 2.29. The largest absolute Gasteiger partial charge is 0.437 e. The number of non-ortho nitro benzene ring substituents is 1. The van der Waals surface area contributed by atoms with Gasteiger partial charge in [-0.05, 0) is 31.2 Å². The van der Waals surface area contributed by atoms with Crippen LogP contribution in [0.4, 0.5) is 11.5 Å². The summed E-state index contributed by atoms with van der Waals surface area (Å²) >= 11 is 6.15. The summed E-state index contributed by atoms with van der Waals surface area (Å²) in [5.41, 5.74) is 0.381. The number of nitro benzene ring substituents is 1. The Bertz CT molecular complexity index is 1140. The van der Waals surface area contributed by atoms with Crippen LogP contribution in [0, 0.1) is 10.1 Å². The monoisotopic (exact) mass is 453 g/mol. The minimum Gasteiger partial charge on any atom is -0.437 e. The third kappa shape index (κ3) is 4.62. The Morgan fingerprint density at radius 2 is 1.91 bits per heavy atom.